The van der Waals surface area contributed by atoms with E-state index in [0.29, 0.717) is 11.1 Å². The molecule has 0 saturated heterocycles. The lowest BCUT2D eigenvalue weighted by Crippen LogP contribution is -2.52. The molecule has 0 aliphatic carbocycles. The summed E-state index contributed by atoms with van der Waals surface area (Å²) in [6, 6.07) is 21.5. The summed E-state index contributed by atoms with van der Waals surface area (Å²) in [5.74, 6) is -0.474. The molecule has 0 aromatic heterocycles. The zero-order valence-electron chi connectivity index (χ0n) is 33.4. The van der Waals surface area contributed by atoms with E-state index in [9.17, 15) is 62.6 Å². The number of phenolic OH excluding ortho intramolecular Hbond substituents is 1. The van der Waals surface area contributed by atoms with Crippen molar-refractivity contribution in [1.29, 1.82) is 0 Å². The Morgan fingerprint density at radius 1 is 0.530 bits per heavy atom. The fourth-order valence-electron chi connectivity index (χ4n) is 6.07. The summed E-state index contributed by atoms with van der Waals surface area (Å²) in [7, 11) is -20.4. The molecule has 6 aromatic carbocycles. The van der Waals surface area contributed by atoms with Gasteiger partial charge in [-0.2, -0.15) is 40.6 Å². The molecular weight excluding hydrogens is 947 g/mol. The minimum atomic E-state index is -5.51. The van der Waals surface area contributed by atoms with Crippen LogP contribution < -0.4 is 17.2 Å². The van der Waals surface area contributed by atoms with Crippen molar-refractivity contribution >= 4 is 114 Å². The molecule has 0 atom stereocenters. The number of sulfone groups is 1. The molecular formula is C39H35N9O14S4. The van der Waals surface area contributed by atoms with Gasteiger partial charge in [-0.1, -0.05) is 36.4 Å². The second-order valence-electron chi connectivity index (χ2n) is 13.9. The van der Waals surface area contributed by atoms with Crippen molar-refractivity contribution in [3.05, 3.63) is 114 Å². The van der Waals surface area contributed by atoms with Gasteiger partial charge in [0.25, 0.3) is 30.4 Å². The van der Waals surface area contributed by atoms with Gasteiger partial charge >= 0.3 is 0 Å². The van der Waals surface area contributed by atoms with Gasteiger partial charge in [0.2, 0.25) is 13.9 Å². The molecule has 0 fully saturated rings. The molecule has 66 heavy (non-hydrogen) atoms. The lowest BCUT2D eigenvalue weighted by molar-refractivity contribution is 0.197. The monoisotopic (exact) mass is 981 g/mol. The second-order valence-corrected chi connectivity index (χ2v) is 20.9. The van der Waals surface area contributed by atoms with Gasteiger partial charge in [-0.05, 0) is 95.4 Å². The van der Waals surface area contributed by atoms with Gasteiger partial charge in [-0.25, -0.2) is 8.42 Å². The van der Waals surface area contributed by atoms with Crippen molar-refractivity contribution in [2.24, 2.45) is 30.7 Å². The predicted octanol–water partition coefficient (Wildman–Crippen LogP) is 6.54. The number of nitrogen functional groups attached to an aromatic ring is 3. The number of aliphatic hydroxyl groups is 2. The molecule has 0 heterocycles. The molecule has 27 heteroatoms. The lowest BCUT2D eigenvalue weighted by Gasteiger charge is -2.25. The van der Waals surface area contributed by atoms with E-state index in [4.69, 9.17) is 17.2 Å². The third kappa shape index (κ3) is 9.92. The van der Waals surface area contributed by atoms with Crippen molar-refractivity contribution < 1.29 is 62.6 Å². The number of aliphatic hydroxyl groups excluding tert-OH is 2. The van der Waals surface area contributed by atoms with Crippen molar-refractivity contribution in [3.8, 4) is 5.75 Å². The number of rotatable bonds is 15. The Morgan fingerprint density at radius 3 is 1.47 bits per heavy atom. The Labute approximate surface area is 375 Å². The Balaban J connectivity index is 1.25. The first-order valence-corrected chi connectivity index (χ1v) is 24.1. The summed E-state index contributed by atoms with van der Waals surface area (Å²) in [6.45, 7) is -3.30. The first-order chi connectivity index (χ1) is 30.9. The van der Waals surface area contributed by atoms with Gasteiger partial charge in [-0.3, -0.25) is 13.7 Å². The second kappa shape index (κ2) is 18.4. The maximum absolute atomic E-state index is 13.0. The molecule has 0 aliphatic heterocycles. The van der Waals surface area contributed by atoms with Crippen LogP contribution in [-0.4, -0.2) is 79.9 Å². The van der Waals surface area contributed by atoms with E-state index in [2.05, 4.69) is 30.7 Å². The number of hydrogen-bond acceptors (Lipinski definition) is 20. The Hall–Kier alpha value is -7.08. The maximum atomic E-state index is 13.0. The van der Waals surface area contributed by atoms with Crippen molar-refractivity contribution in [1.82, 2.24) is 0 Å². The number of anilines is 3. The fraction of sp³-hybridized carbons (Fsp3) is 0.0769. The highest BCUT2D eigenvalue weighted by molar-refractivity contribution is 8.08. The summed E-state index contributed by atoms with van der Waals surface area (Å²) in [5.41, 5.74) is 18.2. The minimum absolute atomic E-state index is 0.00138. The topological polar surface area (TPSA) is 410 Å². The Kier molecular flexibility index (Phi) is 13.5. The predicted molar refractivity (Wildman–Crippen MR) is 241 cm³/mol. The summed E-state index contributed by atoms with van der Waals surface area (Å²) in [6.07, 6.45) is 2.33. The van der Waals surface area contributed by atoms with Crippen LogP contribution >= 0.6 is 0 Å². The van der Waals surface area contributed by atoms with Gasteiger partial charge in [0, 0.05) is 5.69 Å². The fourth-order valence-corrected chi connectivity index (χ4v) is 10.5. The molecule has 23 nitrogen and oxygen atoms in total. The summed E-state index contributed by atoms with van der Waals surface area (Å²) in [5, 5.41) is 54.7. The van der Waals surface area contributed by atoms with E-state index in [1.165, 1.54) is 72.8 Å². The quantitative estimate of drug-likeness (QED) is 0.0228. The lowest BCUT2D eigenvalue weighted by atomic mass is 10.1. The molecule has 0 aliphatic rings. The van der Waals surface area contributed by atoms with Crippen LogP contribution in [0.4, 0.5) is 51.2 Å². The van der Waals surface area contributed by atoms with E-state index in [-0.39, 0.29) is 62.0 Å². The highest BCUT2D eigenvalue weighted by Crippen LogP contribution is 2.43. The molecule has 0 radical (unpaired) electrons. The largest absolute Gasteiger partial charge is 0.505 e. The van der Waals surface area contributed by atoms with E-state index in [1.807, 2.05) is 0 Å². The Bertz CT molecular complexity index is 3490. The third-order valence-corrected chi connectivity index (χ3v) is 16.0. The minimum Gasteiger partial charge on any atom is -0.505 e. The number of aromatic hydroxyl groups is 1. The molecule has 344 valence electrons. The van der Waals surface area contributed by atoms with Crippen LogP contribution in [-0.2, 0) is 40.2 Å². The number of benzene rings is 6. The first kappa shape index (κ1) is 48.4. The van der Waals surface area contributed by atoms with E-state index in [0.717, 1.165) is 42.5 Å². The van der Waals surface area contributed by atoms with Gasteiger partial charge in [0.15, 0.2) is 5.75 Å². The van der Waals surface area contributed by atoms with Crippen LogP contribution in [0, 0.1) is 0 Å². The van der Waals surface area contributed by atoms with Gasteiger partial charge < -0.3 is 32.5 Å². The number of azo groups is 3. The molecule has 0 saturated carbocycles. The van der Waals surface area contributed by atoms with Gasteiger partial charge in [0.1, 0.15) is 26.9 Å². The maximum Gasteiger partial charge on any atom is 0.295 e. The van der Waals surface area contributed by atoms with E-state index >= 15 is 0 Å². The summed E-state index contributed by atoms with van der Waals surface area (Å²) in [4.78, 5) is -1.95. The van der Waals surface area contributed by atoms with Crippen molar-refractivity contribution in [2.75, 3.05) is 30.4 Å². The van der Waals surface area contributed by atoms with Crippen LogP contribution in [0.5, 0.6) is 5.75 Å². The molecule has 0 unspecified atom stereocenters. The number of nitrogens with two attached hydrogens (primary N) is 3. The molecule has 12 N–H and O–H groups in total. The highest BCUT2D eigenvalue weighted by atomic mass is 32.3. The van der Waals surface area contributed by atoms with Crippen LogP contribution in [0.1, 0.15) is 11.1 Å². The first-order valence-electron chi connectivity index (χ1n) is 18.3. The third-order valence-electron chi connectivity index (χ3n) is 9.61. The van der Waals surface area contributed by atoms with Gasteiger partial charge in [-0.15, -0.1) is 15.3 Å². The summed E-state index contributed by atoms with van der Waals surface area (Å²) < 4.78 is 126. The van der Waals surface area contributed by atoms with Crippen LogP contribution in [0.15, 0.2) is 149 Å². The summed E-state index contributed by atoms with van der Waals surface area (Å²) >= 11 is 0. The molecule has 0 bridgehead atoms. The van der Waals surface area contributed by atoms with Crippen LogP contribution in [0.3, 0.4) is 0 Å². The van der Waals surface area contributed by atoms with Crippen molar-refractivity contribution in [3.63, 3.8) is 0 Å². The zero-order chi connectivity index (χ0) is 48.4. The zero-order valence-corrected chi connectivity index (χ0v) is 36.6. The highest BCUT2D eigenvalue weighted by Gasteiger charge is 2.55. The van der Waals surface area contributed by atoms with Crippen LogP contribution in [0.2, 0.25) is 0 Å². The van der Waals surface area contributed by atoms with E-state index < -0.39 is 77.9 Å². The Morgan fingerprint density at radius 2 is 0.985 bits per heavy atom. The SMILES string of the molecule is Nc1ccc(N=Nc2ccc(/C=C/c3ccc(N=Nc4ccc5ccc(/N=N/c6ccc(S(=O)(=O)C(CO)(CO)S(=O)(=O)O)cc6)c(O)c5c4N)cc3S(=O)(=O)O)c(S(=O)(=O)O)c2)c(N)c1. The number of fused-ring (bicyclic) bond motifs is 1. The average Bonchev–Trinajstić information content (AvgIpc) is 3.24. The van der Waals surface area contributed by atoms with Crippen LogP contribution in [0.25, 0.3) is 22.9 Å². The number of nitrogens with zero attached hydrogens (tertiary/aromatic N) is 6. The molecule has 0 spiro atoms. The molecule has 0 amide bonds. The smallest absolute Gasteiger partial charge is 0.295 e. The average molecular weight is 982 g/mol. The number of hydrogen-bond donors (Lipinski definition) is 9. The van der Waals surface area contributed by atoms with E-state index in [1.54, 1.807) is 0 Å². The normalized spacial score (nSPS) is 13.2. The van der Waals surface area contributed by atoms with Crippen molar-refractivity contribution in [2.45, 2.75) is 18.8 Å². The molecule has 6 aromatic rings. The molecule has 6 rings (SSSR count). The van der Waals surface area contributed by atoms with Gasteiger partial charge in [0.05, 0.1) is 51.9 Å². The standard InChI is InChI=1S/C39H35N9O14S4/c40-25-7-16-31(30(41)17-25)46-44-27-8-3-22(34(18-27)64(54,55)56)1-2-23-4-9-28(19-35(23)65(57,58)59)45-47-32-14-5-24-6-15-33(38(51)36(24)37(32)42)48-43-26-10-12-29(13-11-26)63(52,53)39(20-49,21-50)66(60,61)62/h1-19,49-51H,20-21,40-42H2,(H,54,55,56)(H,57,58,59)(H,60,61,62)/b2-1+,46-44?,47-45?,48-43+. The number of phenols is 1.